The van der Waals surface area contributed by atoms with Gasteiger partial charge in [0.1, 0.15) is 18.0 Å². The predicted octanol–water partition coefficient (Wildman–Crippen LogP) is 4.21. The first kappa shape index (κ1) is 15.5. The molecule has 0 fully saturated rings. The molecule has 1 aromatic heterocycles. The first-order chi connectivity index (χ1) is 12.3. The van der Waals surface area contributed by atoms with Gasteiger partial charge in [-0.15, -0.1) is 0 Å². The van der Waals surface area contributed by atoms with Crippen molar-refractivity contribution in [2.45, 2.75) is 6.54 Å². The molecule has 0 saturated carbocycles. The summed E-state index contributed by atoms with van der Waals surface area (Å²) in [6.07, 6.45) is 1.51. The molecule has 4 rings (SSSR count). The number of hydrogen-bond donors (Lipinski definition) is 2. The number of ether oxygens (including phenoxy) is 2. The second kappa shape index (κ2) is 6.86. The van der Waals surface area contributed by atoms with E-state index in [2.05, 4.69) is 20.6 Å². The third-order valence-corrected chi connectivity index (χ3v) is 3.95. The fourth-order valence-corrected chi connectivity index (χ4v) is 2.57. The molecule has 0 amide bonds. The maximum atomic E-state index is 5.89. The fraction of sp³-hybridized carbons (Fsp3) is 0.111. The summed E-state index contributed by atoms with van der Waals surface area (Å²) < 4.78 is 10.7. The molecule has 126 valence electrons. The van der Waals surface area contributed by atoms with Crippen molar-refractivity contribution in [3.05, 3.63) is 65.4 Å². The maximum absolute atomic E-state index is 5.89. The van der Waals surface area contributed by atoms with Gasteiger partial charge in [0.15, 0.2) is 11.5 Å². The van der Waals surface area contributed by atoms with Gasteiger partial charge in [-0.2, -0.15) is 0 Å². The van der Waals surface area contributed by atoms with Gasteiger partial charge in [0.25, 0.3) is 0 Å². The van der Waals surface area contributed by atoms with E-state index >= 15 is 0 Å². The van der Waals surface area contributed by atoms with E-state index < -0.39 is 0 Å². The molecule has 2 aromatic carbocycles. The Morgan fingerprint density at radius 3 is 2.60 bits per heavy atom. The smallest absolute Gasteiger partial charge is 0.231 e. The van der Waals surface area contributed by atoms with Crippen LogP contribution in [0.2, 0.25) is 5.02 Å². The highest BCUT2D eigenvalue weighted by Crippen LogP contribution is 2.32. The summed E-state index contributed by atoms with van der Waals surface area (Å²) in [5.74, 6) is 2.97. The van der Waals surface area contributed by atoms with E-state index in [1.165, 1.54) is 6.33 Å². The second-order valence-electron chi connectivity index (χ2n) is 5.46. The molecule has 1 aliphatic heterocycles. The van der Waals surface area contributed by atoms with Gasteiger partial charge in [0, 0.05) is 23.3 Å². The maximum Gasteiger partial charge on any atom is 0.231 e. The Morgan fingerprint density at radius 1 is 0.920 bits per heavy atom. The number of aromatic nitrogens is 2. The van der Waals surface area contributed by atoms with Crippen molar-refractivity contribution in [1.82, 2.24) is 9.97 Å². The molecule has 0 unspecified atom stereocenters. The monoisotopic (exact) mass is 354 g/mol. The summed E-state index contributed by atoms with van der Waals surface area (Å²) in [6.45, 7) is 0.895. The van der Waals surface area contributed by atoms with Gasteiger partial charge in [0.2, 0.25) is 6.79 Å². The van der Waals surface area contributed by atoms with Gasteiger partial charge in [-0.25, -0.2) is 9.97 Å². The van der Waals surface area contributed by atoms with Gasteiger partial charge in [0.05, 0.1) is 0 Å². The van der Waals surface area contributed by atoms with E-state index in [4.69, 9.17) is 21.1 Å². The van der Waals surface area contributed by atoms with E-state index in [9.17, 15) is 0 Å². The molecular formula is C18H15ClN4O2. The molecule has 7 heteroatoms. The minimum atomic E-state index is 0.276. The zero-order valence-electron chi connectivity index (χ0n) is 13.2. The van der Waals surface area contributed by atoms with Crippen LogP contribution in [0.15, 0.2) is 54.9 Å². The van der Waals surface area contributed by atoms with Gasteiger partial charge < -0.3 is 20.1 Å². The lowest BCUT2D eigenvalue weighted by atomic mass is 10.2. The van der Waals surface area contributed by atoms with Crippen molar-refractivity contribution >= 4 is 28.9 Å². The van der Waals surface area contributed by atoms with Crippen LogP contribution < -0.4 is 20.1 Å². The molecule has 0 saturated heterocycles. The predicted molar refractivity (Wildman–Crippen MR) is 96.7 cm³/mol. The molecular weight excluding hydrogens is 340 g/mol. The summed E-state index contributed by atoms with van der Waals surface area (Å²) in [7, 11) is 0. The van der Waals surface area contributed by atoms with Crippen LogP contribution in [0, 0.1) is 0 Å². The highest BCUT2D eigenvalue weighted by molar-refractivity contribution is 6.30. The van der Waals surface area contributed by atoms with E-state index in [0.29, 0.717) is 17.4 Å². The largest absolute Gasteiger partial charge is 0.454 e. The van der Waals surface area contributed by atoms with Gasteiger partial charge >= 0.3 is 0 Å². The van der Waals surface area contributed by atoms with E-state index in [-0.39, 0.29) is 6.79 Å². The van der Waals surface area contributed by atoms with Gasteiger partial charge in [-0.05, 0) is 42.0 Å². The summed E-state index contributed by atoms with van der Waals surface area (Å²) in [4.78, 5) is 8.47. The summed E-state index contributed by atoms with van der Waals surface area (Å²) in [6, 6.07) is 15.1. The Bertz CT molecular complexity index is 886. The van der Waals surface area contributed by atoms with Crippen LogP contribution in [0.3, 0.4) is 0 Å². The average molecular weight is 355 g/mol. The molecule has 0 atom stereocenters. The van der Waals surface area contributed by atoms with E-state index in [1.54, 1.807) is 0 Å². The fourth-order valence-electron chi connectivity index (χ4n) is 2.45. The zero-order chi connectivity index (χ0) is 17.1. The van der Waals surface area contributed by atoms with Crippen LogP contribution in [-0.4, -0.2) is 16.8 Å². The molecule has 3 aromatic rings. The zero-order valence-corrected chi connectivity index (χ0v) is 14.0. The molecule has 2 heterocycles. The average Bonchev–Trinajstić information content (AvgIpc) is 3.10. The van der Waals surface area contributed by atoms with Crippen LogP contribution in [0.25, 0.3) is 0 Å². The van der Waals surface area contributed by atoms with E-state index in [1.807, 2.05) is 48.5 Å². The van der Waals surface area contributed by atoms with Crippen LogP contribution >= 0.6 is 11.6 Å². The molecule has 0 radical (unpaired) electrons. The van der Waals surface area contributed by atoms with Crippen molar-refractivity contribution < 1.29 is 9.47 Å². The van der Waals surface area contributed by atoms with Crippen molar-refractivity contribution in [1.29, 1.82) is 0 Å². The number of hydrogen-bond acceptors (Lipinski definition) is 6. The van der Waals surface area contributed by atoms with Crippen molar-refractivity contribution in [2.75, 3.05) is 17.4 Å². The van der Waals surface area contributed by atoms with Gasteiger partial charge in [-0.3, -0.25) is 0 Å². The quantitative estimate of drug-likeness (QED) is 0.715. The minimum absolute atomic E-state index is 0.276. The Labute approximate surface area is 149 Å². The Kier molecular flexibility index (Phi) is 4.26. The molecule has 2 N–H and O–H groups in total. The lowest BCUT2D eigenvalue weighted by Gasteiger charge is -2.09. The standard InChI is InChI=1S/C18H15ClN4O2/c19-13-2-4-14(5-3-13)23-18-8-17(21-10-22-18)20-9-12-1-6-15-16(7-12)25-11-24-15/h1-8,10H,9,11H2,(H2,20,21,22,23). The lowest BCUT2D eigenvalue weighted by Crippen LogP contribution is -2.03. The molecule has 1 aliphatic rings. The number of nitrogens with zero attached hydrogens (tertiary/aromatic N) is 2. The van der Waals surface area contributed by atoms with Crippen LogP contribution in [0.5, 0.6) is 11.5 Å². The van der Waals surface area contributed by atoms with Crippen molar-refractivity contribution in [3.63, 3.8) is 0 Å². The van der Waals surface area contributed by atoms with Gasteiger partial charge in [-0.1, -0.05) is 17.7 Å². The first-order valence-electron chi connectivity index (χ1n) is 7.73. The topological polar surface area (TPSA) is 68.3 Å². The van der Waals surface area contributed by atoms with Crippen LogP contribution in [0.1, 0.15) is 5.56 Å². The van der Waals surface area contributed by atoms with Crippen molar-refractivity contribution in [3.8, 4) is 11.5 Å². The molecule has 25 heavy (non-hydrogen) atoms. The molecule has 0 bridgehead atoms. The lowest BCUT2D eigenvalue weighted by molar-refractivity contribution is 0.174. The third kappa shape index (κ3) is 3.75. The molecule has 0 aliphatic carbocycles. The number of halogens is 1. The Hall–Kier alpha value is -2.99. The summed E-state index contributed by atoms with van der Waals surface area (Å²) >= 11 is 5.89. The molecule has 0 spiro atoms. The van der Waals surface area contributed by atoms with E-state index in [0.717, 1.165) is 28.6 Å². The van der Waals surface area contributed by atoms with Crippen LogP contribution in [-0.2, 0) is 6.54 Å². The highest BCUT2D eigenvalue weighted by atomic mass is 35.5. The first-order valence-corrected chi connectivity index (χ1v) is 8.11. The SMILES string of the molecule is Clc1ccc(Nc2cc(NCc3ccc4c(c3)OCO4)ncn2)cc1. The number of fused-ring (bicyclic) bond motifs is 1. The summed E-state index contributed by atoms with van der Waals surface area (Å²) in [5.41, 5.74) is 1.99. The number of anilines is 3. The Balaban J connectivity index is 1.42. The van der Waals surface area contributed by atoms with Crippen LogP contribution in [0.4, 0.5) is 17.3 Å². The highest BCUT2D eigenvalue weighted by Gasteiger charge is 2.13. The number of rotatable bonds is 5. The Morgan fingerprint density at radius 2 is 1.72 bits per heavy atom. The van der Waals surface area contributed by atoms with Crippen molar-refractivity contribution in [2.24, 2.45) is 0 Å². The normalized spacial score (nSPS) is 12.0. The second-order valence-corrected chi connectivity index (χ2v) is 5.90. The number of nitrogens with one attached hydrogen (secondary N) is 2. The minimum Gasteiger partial charge on any atom is -0.454 e. The third-order valence-electron chi connectivity index (χ3n) is 3.69. The molecule has 6 nitrogen and oxygen atoms in total. The summed E-state index contributed by atoms with van der Waals surface area (Å²) in [5, 5.41) is 7.19. The number of benzene rings is 2.